The maximum absolute atomic E-state index is 12.0. The third-order valence-electron chi connectivity index (χ3n) is 3.67. The highest BCUT2D eigenvalue weighted by atomic mass is 16.4. The summed E-state index contributed by atoms with van der Waals surface area (Å²) in [5.74, 6) is 0.300. The van der Waals surface area contributed by atoms with Crippen LogP contribution in [0.4, 0.5) is 6.01 Å². The molecule has 0 aliphatic heterocycles. The van der Waals surface area contributed by atoms with Crippen molar-refractivity contribution in [1.82, 2.24) is 10.2 Å². The summed E-state index contributed by atoms with van der Waals surface area (Å²) < 4.78 is 5.49. The molecular weight excluding hydrogens is 302 g/mol. The van der Waals surface area contributed by atoms with Crippen LogP contribution in [0.3, 0.4) is 0 Å². The molecule has 0 bridgehead atoms. The standard InChI is InChI=1S/C19H19N3O2/c1-13-3-7-15(8-4-13)11-17(23)20-19-22-21-18(24-19)12-16-9-5-14(2)6-10-16/h3-10H,11-12H2,1-2H3,(H,20,22,23). The molecule has 0 aliphatic carbocycles. The third-order valence-corrected chi connectivity index (χ3v) is 3.67. The summed E-state index contributed by atoms with van der Waals surface area (Å²) in [5.41, 5.74) is 4.39. The van der Waals surface area contributed by atoms with E-state index in [1.54, 1.807) is 0 Å². The first kappa shape index (κ1) is 15.9. The van der Waals surface area contributed by atoms with Gasteiger partial charge in [0, 0.05) is 0 Å². The molecule has 0 aliphatic rings. The first-order valence-electron chi connectivity index (χ1n) is 7.82. The Balaban J connectivity index is 1.58. The van der Waals surface area contributed by atoms with E-state index >= 15 is 0 Å². The maximum Gasteiger partial charge on any atom is 0.322 e. The van der Waals surface area contributed by atoms with Crippen molar-refractivity contribution in [2.24, 2.45) is 0 Å². The van der Waals surface area contributed by atoms with Crippen molar-refractivity contribution < 1.29 is 9.21 Å². The Morgan fingerprint density at radius 3 is 2.12 bits per heavy atom. The number of amides is 1. The van der Waals surface area contributed by atoms with E-state index in [9.17, 15) is 4.79 Å². The molecule has 0 unspecified atom stereocenters. The molecule has 1 N–H and O–H groups in total. The average molecular weight is 321 g/mol. The van der Waals surface area contributed by atoms with Gasteiger partial charge >= 0.3 is 6.01 Å². The molecule has 0 saturated carbocycles. The van der Waals surface area contributed by atoms with E-state index in [1.165, 1.54) is 5.56 Å². The smallest absolute Gasteiger partial charge is 0.322 e. The van der Waals surface area contributed by atoms with Crippen LogP contribution in [-0.4, -0.2) is 16.1 Å². The Morgan fingerprint density at radius 1 is 0.917 bits per heavy atom. The first-order valence-corrected chi connectivity index (χ1v) is 7.82. The Hall–Kier alpha value is -2.95. The maximum atomic E-state index is 12.0. The fraction of sp³-hybridized carbons (Fsp3) is 0.211. The largest absolute Gasteiger partial charge is 0.407 e. The predicted octanol–water partition coefficient (Wildman–Crippen LogP) is 3.46. The molecule has 0 spiro atoms. The van der Waals surface area contributed by atoms with Gasteiger partial charge in [0.05, 0.1) is 12.8 Å². The lowest BCUT2D eigenvalue weighted by molar-refractivity contribution is -0.115. The monoisotopic (exact) mass is 321 g/mol. The molecule has 0 radical (unpaired) electrons. The highest BCUT2D eigenvalue weighted by Gasteiger charge is 2.11. The molecule has 5 heteroatoms. The van der Waals surface area contributed by atoms with Crippen LogP contribution in [0.5, 0.6) is 0 Å². The van der Waals surface area contributed by atoms with Gasteiger partial charge in [0.15, 0.2) is 0 Å². The molecule has 1 amide bonds. The number of carbonyl (C=O) groups excluding carboxylic acids is 1. The molecule has 0 fully saturated rings. The van der Waals surface area contributed by atoms with E-state index in [-0.39, 0.29) is 18.3 Å². The number of benzene rings is 2. The summed E-state index contributed by atoms with van der Waals surface area (Å²) in [6.45, 7) is 4.05. The Kier molecular flexibility index (Phi) is 4.70. The van der Waals surface area contributed by atoms with Crippen LogP contribution >= 0.6 is 0 Å². The molecule has 24 heavy (non-hydrogen) atoms. The van der Waals surface area contributed by atoms with E-state index in [0.29, 0.717) is 12.3 Å². The molecule has 3 rings (SSSR count). The van der Waals surface area contributed by atoms with Crippen LogP contribution < -0.4 is 5.32 Å². The van der Waals surface area contributed by atoms with Gasteiger partial charge in [0.1, 0.15) is 0 Å². The van der Waals surface area contributed by atoms with Gasteiger partial charge in [-0.3, -0.25) is 10.1 Å². The number of aromatic nitrogens is 2. The van der Waals surface area contributed by atoms with Crippen molar-refractivity contribution in [3.8, 4) is 0 Å². The van der Waals surface area contributed by atoms with Gasteiger partial charge in [0.2, 0.25) is 11.8 Å². The molecule has 0 saturated heterocycles. The van der Waals surface area contributed by atoms with E-state index in [2.05, 4.69) is 15.5 Å². The van der Waals surface area contributed by atoms with Gasteiger partial charge in [-0.2, -0.15) is 0 Å². The van der Waals surface area contributed by atoms with Gasteiger partial charge in [-0.05, 0) is 25.0 Å². The minimum Gasteiger partial charge on any atom is -0.407 e. The quantitative estimate of drug-likeness (QED) is 0.781. The van der Waals surface area contributed by atoms with Crippen molar-refractivity contribution in [2.75, 3.05) is 5.32 Å². The summed E-state index contributed by atoms with van der Waals surface area (Å²) >= 11 is 0. The number of nitrogens with zero attached hydrogens (tertiary/aromatic N) is 2. The van der Waals surface area contributed by atoms with Gasteiger partial charge in [-0.1, -0.05) is 64.8 Å². The molecule has 2 aromatic carbocycles. The second kappa shape index (κ2) is 7.08. The first-order chi connectivity index (χ1) is 11.6. The van der Waals surface area contributed by atoms with E-state index in [1.807, 2.05) is 62.4 Å². The Morgan fingerprint density at radius 2 is 1.50 bits per heavy atom. The number of carbonyl (C=O) groups is 1. The van der Waals surface area contributed by atoms with Gasteiger partial charge in [-0.15, -0.1) is 5.10 Å². The lowest BCUT2D eigenvalue weighted by Gasteiger charge is -2.01. The zero-order chi connectivity index (χ0) is 16.9. The minimum atomic E-state index is -0.176. The highest BCUT2D eigenvalue weighted by molar-refractivity contribution is 5.90. The lowest BCUT2D eigenvalue weighted by atomic mass is 10.1. The summed E-state index contributed by atoms with van der Waals surface area (Å²) in [4.78, 5) is 12.0. The molecule has 1 heterocycles. The van der Waals surface area contributed by atoms with Crippen LogP contribution in [0.15, 0.2) is 52.9 Å². The fourth-order valence-corrected chi connectivity index (χ4v) is 2.31. The van der Waals surface area contributed by atoms with Crippen molar-refractivity contribution >= 4 is 11.9 Å². The van der Waals surface area contributed by atoms with Crippen molar-refractivity contribution in [3.05, 3.63) is 76.7 Å². The Labute approximate surface area is 140 Å². The zero-order valence-electron chi connectivity index (χ0n) is 13.7. The lowest BCUT2D eigenvalue weighted by Crippen LogP contribution is -2.14. The molecule has 122 valence electrons. The summed E-state index contributed by atoms with van der Waals surface area (Å²) in [6.07, 6.45) is 0.817. The second-order valence-corrected chi connectivity index (χ2v) is 5.87. The van der Waals surface area contributed by atoms with Gasteiger partial charge in [-0.25, -0.2) is 0 Å². The molecular formula is C19H19N3O2. The number of rotatable bonds is 5. The van der Waals surface area contributed by atoms with Crippen molar-refractivity contribution in [2.45, 2.75) is 26.7 Å². The van der Waals surface area contributed by atoms with Crippen LogP contribution in [-0.2, 0) is 17.6 Å². The van der Waals surface area contributed by atoms with Gasteiger partial charge in [0.25, 0.3) is 0 Å². The van der Waals surface area contributed by atoms with E-state index in [4.69, 9.17) is 4.42 Å². The number of nitrogens with one attached hydrogen (secondary N) is 1. The van der Waals surface area contributed by atoms with E-state index in [0.717, 1.165) is 16.7 Å². The van der Waals surface area contributed by atoms with Crippen molar-refractivity contribution in [3.63, 3.8) is 0 Å². The van der Waals surface area contributed by atoms with Crippen LogP contribution in [0, 0.1) is 13.8 Å². The molecule has 0 atom stereocenters. The molecule has 1 aromatic heterocycles. The number of anilines is 1. The summed E-state index contributed by atoms with van der Waals surface area (Å²) in [6, 6.07) is 16.1. The number of aryl methyl sites for hydroxylation is 2. The van der Waals surface area contributed by atoms with Crippen LogP contribution in [0.1, 0.15) is 28.1 Å². The predicted molar refractivity (Wildman–Crippen MR) is 91.8 cm³/mol. The van der Waals surface area contributed by atoms with E-state index < -0.39 is 0 Å². The Bertz CT molecular complexity index is 821. The van der Waals surface area contributed by atoms with Gasteiger partial charge < -0.3 is 4.42 Å². The zero-order valence-corrected chi connectivity index (χ0v) is 13.7. The SMILES string of the molecule is Cc1ccc(CC(=O)Nc2nnc(Cc3ccc(C)cc3)o2)cc1. The van der Waals surface area contributed by atoms with Crippen molar-refractivity contribution in [1.29, 1.82) is 0 Å². The fourth-order valence-electron chi connectivity index (χ4n) is 2.31. The number of hydrogen-bond acceptors (Lipinski definition) is 4. The third kappa shape index (κ3) is 4.29. The topological polar surface area (TPSA) is 68.0 Å². The second-order valence-electron chi connectivity index (χ2n) is 5.87. The summed E-state index contributed by atoms with van der Waals surface area (Å²) in [5, 5.41) is 10.5. The highest BCUT2D eigenvalue weighted by Crippen LogP contribution is 2.13. The summed E-state index contributed by atoms with van der Waals surface area (Å²) in [7, 11) is 0. The number of hydrogen-bond donors (Lipinski definition) is 1. The average Bonchev–Trinajstić information content (AvgIpc) is 2.99. The molecule has 5 nitrogen and oxygen atoms in total. The van der Waals surface area contributed by atoms with Crippen LogP contribution in [0.25, 0.3) is 0 Å². The van der Waals surface area contributed by atoms with Crippen LogP contribution in [0.2, 0.25) is 0 Å². The minimum absolute atomic E-state index is 0.134. The normalized spacial score (nSPS) is 10.6. The molecule has 3 aromatic rings.